The normalized spacial score (nSPS) is 20.4. The molecule has 9 nitrogen and oxygen atoms in total. The molecule has 35 heavy (non-hydrogen) atoms. The van der Waals surface area contributed by atoms with Gasteiger partial charge in [0.05, 0.1) is 24.5 Å². The standard InChI is InChI=1S/C19H20F7N5O4/c20-13-7-11(31-9-12(35-17(31)34)8-27-16(33)19(24,25)26)1-2-14(13)29-3-5-30(6-4-29)15(28-10-32)18(21,22)23/h1-2,7,10,12,15H,3-6,8-9H2,(H,27,33)(H,28,32)/t12-,15?/m0/s1. The van der Waals surface area contributed by atoms with Crippen molar-refractivity contribution in [3.63, 3.8) is 0 Å². The lowest BCUT2D eigenvalue weighted by Gasteiger charge is -2.40. The largest absolute Gasteiger partial charge is 0.471 e. The van der Waals surface area contributed by atoms with Crippen LogP contribution >= 0.6 is 0 Å². The molecule has 0 radical (unpaired) electrons. The zero-order valence-electron chi connectivity index (χ0n) is 17.8. The van der Waals surface area contributed by atoms with Gasteiger partial charge in [-0.2, -0.15) is 26.3 Å². The lowest BCUT2D eigenvalue weighted by Crippen LogP contribution is -2.60. The molecule has 2 heterocycles. The van der Waals surface area contributed by atoms with Crippen molar-refractivity contribution in [2.75, 3.05) is 49.1 Å². The van der Waals surface area contributed by atoms with E-state index in [2.05, 4.69) is 0 Å². The molecule has 0 bridgehead atoms. The van der Waals surface area contributed by atoms with Crippen LogP contribution in [0.25, 0.3) is 0 Å². The molecule has 2 atom stereocenters. The minimum Gasteiger partial charge on any atom is -0.442 e. The van der Waals surface area contributed by atoms with Crippen LogP contribution in [-0.2, 0) is 14.3 Å². The van der Waals surface area contributed by atoms with Crippen LogP contribution < -0.4 is 20.4 Å². The van der Waals surface area contributed by atoms with E-state index >= 15 is 0 Å². The van der Waals surface area contributed by atoms with Crippen LogP contribution in [0.15, 0.2) is 18.2 Å². The average Bonchev–Trinajstić information content (AvgIpc) is 3.15. The molecule has 2 aliphatic rings. The molecule has 16 heteroatoms. The van der Waals surface area contributed by atoms with Gasteiger partial charge < -0.3 is 20.3 Å². The number of carbonyl (C=O) groups excluding carboxylic acids is 3. The van der Waals surface area contributed by atoms with Crippen LogP contribution in [0, 0.1) is 5.82 Å². The van der Waals surface area contributed by atoms with Gasteiger partial charge >= 0.3 is 24.4 Å². The second-order valence-electron chi connectivity index (χ2n) is 7.71. The topological polar surface area (TPSA) is 94.2 Å². The third-order valence-electron chi connectivity index (χ3n) is 5.42. The Morgan fingerprint density at radius 2 is 1.80 bits per heavy atom. The number of cyclic esters (lactones) is 1. The number of hydrogen-bond donors (Lipinski definition) is 2. The maximum absolute atomic E-state index is 14.8. The summed E-state index contributed by atoms with van der Waals surface area (Å²) in [5.74, 6) is -2.97. The van der Waals surface area contributed by atoms with Crippen molar-refractivity contribution in [3.05, 3.63) is 24.0 Å². The summed E-state index contributed by atoms with van der Waals surface area (Å²) in [5.41, 5.74) is 0.119. The molecule has 1 unspecified atom stereocenters. The van der Waals surface area contributed by atoms with Crippen LogP contribution in [0.2, 0.25) is 0 Å². The number of piperazine rings is 1. The third kappa shape index (κ3) is 6.23. The summed E-state index contributed by atoms with van der Waals surface area (Å²) in [6.07, 6.45) is -14.0. The zero-order chi connectivity index (χ0) is 26.0. The quantitative estimate of drug-likeness (QED) is 0.423. The monoisotopic (exact) mass is 515 g/mol. The second kappa shape index (κ2) is 10.1. The minimum atomic E-state index is -5.09. The molecule has 2 aliphatic heterocycles. The molecule has 3 rings (SSSR count). The van der Waals surface area contributed by atoms with E-state index in [0.717, 1.165) is 15.9 Å². The van der Waals surface area contributed by atoms with Gasteiger partial charge in [0.25, 0.3) is 0 Å². The highest BCUT2D eigenvalue weighted by molar-refractivity contribution is 5.90. The molecule has 2 fully saturated rings. The average molecular weight is 515 g/mol. The fraction of sp³-hybridized carbons (Fsp3) is 0.526. The number of alkyl halides is 6. The van der Waals surface area contributed by atoms with Gasteiger partial charge in [0.1, 0.15) is 11.9 Å². The number of anilines is 2. The number of amides is 3. The van der Waals surface area contributed by atoms with Crippen molar-refractivity contribution in [1.82, 2.24) is 15.5 Å². The number of hydrogen-bond acceptors (Lipinski definition) is 6. The summed E-state index contributed by atoms with van der Waals surface area (Å²) in [6, 6.07) is 3.67. The van der Waals surface area contributed by atoms with Gasteiger partial charge in [0, 0.05) is 26.2 Å². The first-order valence-electron chi connectivity index (χ1n) is 10.2. The summed E-state index contributed by atoms with van der Waals surface area (Å²) >= 11 is 0. The highest BCUT2D eigenvalue weighted by Crippen LogP contribution is 2.30. The predicted octanol–water partition coefficient (Wildman–Crippen LogP) is 1.59. The molecule has 0 saturated carbocycles. The highest BCUT2D eigenvalue weighted by atomic mass is 19.4. The number of benzene rings is 1. The van der Waals surface area contributed by atoms with Crippen molar-refractivity contribution in [2.45, 2.75) is 24.6 Å². The van der Waals surface area contributed by atoms with Crippen LogP contribution in [0.4, 0.5) is 46.9 Å². The van der Waals surface area contributed by atoms with E-state index in [9.17, 15) is 45.1 Å². The molecule has 0 aliphatic carbocycles. The Labute approximate surface area is 193 Å². The number of nitrogens with one attached hydrogen (secondary N) is 2. The van der Waals surface area contributed by atoms with Crippen LogP contribution in [0.5, 0.6) is 0 Å². The summed E-state index contributed by atoms with van der Waals surface area (Å²) < 4.78 is 95.9. The van der Waals surface area contributed by atoms with E-state index in [1.807, 2.05) is 0 Å². The fourth-order valence-corrected chi connectivity index (χ4v) is 3.76. The van der Waals surface area contributed by atoms with E-state index in [1.54, 1.807) is 10.6 Å². The lowest BCUT2D eigenvalue weighted by molar-refractivity contribution is -0.193. The Kier molecular flexibility index (Phi) is 7.62. The minimum absolute atomic E-state index is 0.0239. The summed E-state index contributed by atoms with van der Waals surface area (Å²) in [6.45, 7) is -1.02. The van der Waals surface area contributed by atoms with Gasteiger partial charge in [0.2, 0.25) is 6.41 Å². The maximum atomic E-state index is 14.8. The van der Waals surface area contributed by atoms with E-state index < -0.39 is 49.0 Å². The number of carbonyl (C=O) groups is 3. The number of rotatable bonds is 7. The van der Waals surface area contributed by atoms with Crippen LogP contribution in [0.3, 0.4) is 0 Å². The number of halogens is 7. The first-order valence-corrected chi connectivity index (χ1v) is 10.2. The Bertz CT molecular complexity index is 950. The van der Waals surface area contributed by atoms with E-state index in [4.69, 9.17) is 4.74 Å². The van der Waals surface area contributed by atoms with Gasteiger partial charge in [-0.1, -0.05) is 0 Å². The van der Waals surface area contributed by atoms with E-state index in [0.29, 0.717) is 0 Å². The number of nitrogens with zero attached hydrogens (tertiary/aromatic N) is 3. The van der Waals surface area contributed by atoms with Gasteiger partial charge in [-0.15, -0.1) is 0 Å². The Hall–Kier alpha value is -3.30. The molecular weight excluding hydrogens is 495 g/mol. The Balaban J connectivity index is 1.61. The van der Waals surface area contributed by atoms with Crippen molar-refractivity contribution in [2.24, 2.45) is 0 Å². The van der Waals surface area contributed by atoms with Crippen molar-refractivity contribution >= 4 is 29.8 Å². The molecule has 3 amide bonds. The van der Waals surface area contributed by atoms with Gasteiger partial charge in [0.15, 0.2) is 6.17 Å². The van der Waals surface area contributed by atoms with Crippen LogP contribution in [-0.4, -0.2) is 87.2 Å². The first-order chi connectivity index (χ1) is 16.3. The molecule has 0 aromatic heterocycles. The van der Waals surface area contributed by atoms with Crippen molar-refractivity contribution in [1.29, 1.82) is 0 Å². The third-order valence-corrected chi connectivity index (χ3v) is 5.42. The smallest absolute Gasteiger partial charge is 0.442 e. The van der Waals surface area contributed by atoms with Gasteiger partial charge in [-0.05, 0) is 18.2 Å². The fourth-order valence-electron chi connectivity index (χ4n) is 3.76. The van der Waals surface area contributed by atoms with Gasteiger partial charge in [-0.25, -0.2) is 9.18 Å². The van der Waals surface area contributed by atoms with E-state index in [1.165, 1.54) is 17.0 Å². The second-order valence-corrected chi connectivity index (χ2v) is 7.71. The molecule has 194 valence electrons. The zero-order valence-corrected chi connectivity index (χ0v) is 17.8. The summed E-state index contributed by atoms with van der Waals surface area (Å²) in [7, 11) is 0. The predicted molar refractivity (Wildman–Crippen MR) is 106 cm³/mol. The van der Waals surface area contributed by atoms with Crippen molar-refractivity contribution < 1.29 is 49.9 Å². The SMILES string of the molecule is O=CNC(N1CCN(c2ccc(N3C[C@H](CNC(=O)C(F)(F)F)OC3=O)cc2F)CC1)C(F)(F)F. The summed E-state index contributed by atoms with van der Waals surface area (Å²) in [5, 5.41) is 3.33. The lowest BCUT2D eigenvalue weighted by atomic mass is 10.2. The van der Waals surface area contributed by atoms with Gasteiger partial charge in [-0.3, -0.25) is 19.4 Å². The maximum Gasteiger partial charge on any atom is 0.471 e. The molecule has 1 aromatic rings. The van der Waals surface area contributed by atoms with Crippen molar-refractivity contribution in [3.8, 4) is 0 Å². The molecule has 2 saturated heterocycles. The Morgan fingerprint density at radius 1 is 1.14 bits per heavy atom. The highest BCUT2D eigenvalue weighted by Gasteiger charge is 2.44. The first kappa shape index (κ1) is 26.3. The molecule has 1 aromatic carbocycles. The summed E-state index contributed by atoms with van der Waals surface area (Å²) in [4.78, 5) is 37.0. The molecular formula is C19H20F7N5O4. The molecule has 2 N–H and O–H groups in total. The van der Waals surface area contributed by atoms with Crippen LogP contribution in [0.1, 0.15) is 0 Å². The Morgan fingerprint density at radius 3 is 2.34 bits per heavy atom. The molecule has 0 spiro atoms. The van der Waals surface area contributed by atoms with E-state index in [-0.39, 0.29) is 50.5 Å². The number of ether oxygens (including phenoxy) is 1.